The van der Waals surface area contributed by atoms with E-state index in [1.807, 2.05) is 11.8 Å². The molecule has 0 aliphatic heterocycles. The molecule has 1 aromatic carbocycles. The highest BCUT2D eigenvalue weighted by atomic mass is 16.3. The minimum absolute atomic E-state index is 0.121. The van der Waals surface area contributed by atoms with Crippen LogP contribution < -0.4 is 10.6 Å². The molecule has 4 rings (SSSR count). The molecule has 2 unspecified atom stereocenters. The maximum absolute atomic E-state index is 14.0. The molecule has 0 spiro atoms. The number of Topliss-reactive ketones (excluding diaryl/α,β-unsaturated/α-hetero) is 4. The van der Waals surface area contributed by atoms with Gasteiger partial charge in [-0.1, -0.05) is 26.0 Å². The van der Waals surface area contributed by atoms with Crippen molar-refractivity contribution in [1.82, 2.24) is 4.90 Å². The van der Waals surface area contributed by atoms with Gasteiger partial charge in [-0.2, -0.15) is 0 Å². The van der Waals surface area contributed by atoms with Crippen molar-refractivity contribution in [1.29, 1.82) is 0 Å². The van der Waals surface area contributed by atoms with Crippen LogP contribution >= 0.6 is 0 Å². The lowest BCUT2D eigenvalue weighted by atomic mass is 9.49. The summed E-state index contributed by atoms with van der Waals surface area (Å²) in [7, 11) is 2.91. The molecule has 11 nitrogen and oxygen atoms in total. The number of primary amides is 1. The number of amides is 1. The predicted octanol–water partition coefficient (Wildman–Crippen LogP) is -0.199. The number of nitrogens with two attached hydrogens (primary N) is 1. The maximum atomic E-state index is 14.0. The number of hydrogen-bond donors (Lipinski definition) is 4. The Bertz CT molecular complexity index is 1280. The molecule has 1 amide bonds. The number of rotatable bonds is 7. The van der Waals surface area contributed by atoms with Crippen molar-refractivity contribution in [2.45, 2.75) is 43.9 Å². The Kier molecular flexibility index (Phi) is 7.30. The van der Waals surface area contributed by atoms with Gasteiger partial charge < -0.3 is 26.0 Å². The third-order valence-corrected chi connectivity index (χ3v) is 8.65. The summed E-state index contributed by atoms with van der Waals surface area (Å²) in [6.45, 7) is 8.31. The number of phenols is 1. The van der Waals surface area contributed by atoms with Crippen molar-refractivity contribution >= 4 is 34.7 Å². The van der Waals surface area contributed by atoms with Crippen LogP contribution in [0.2, 0.25) is 0 Å². The molecule has 2 fully saturated rings. The number of carbonyl (C=O) groups is 5. The van der Waals surface area contributed by atoms with Gasteiger partial charge in [0.25, 0.3) is 0 Å². The summed E-state index contributed by atoms with van der Waals surface area (Å²) in [4.78, 5) is 69.9. The molecule has 3 aliphatic carbocycles. The highest BCUT2D eigenvalue weighted by Crippen LogP contribution is 2.55. The van der Waals surface area contributed by atoms with E-state index in [0.29, 0.717) is 24.3 Å². The second-order valence-electron chi connectivity index (χ2n) is 11.0. The lowest BCUT2D eigenvalue weighted by molar-refractivity contribution is -0.196. The SMILES string of the molecule is C=CCN(CCC)c1ccc2c(c1O)C(=O)C1C(=O)[C@@]3(O)C(=O)C(C(N)=O)C(=O)[C@H](N(C)C)[C@H]3[C@H](O)[C@H]1[C@@H]2C. The number of anilines is 1. The van der Waals surface area contributed by atoms with Crippen LogP contribution in [0.15, 0.2) is 24.8 Å². The van der Waals surface area contributed by atoms with E-state index in [2.05, 4.69) is 6.58 Å². The van der Waals surface area contributed by atoms with E-state index in [4.69, 9.17) is 5.73 Å². The molecule has 0 heterocycles. The Balaban J connectivity index is 1.91. The van der Waals surface area contributed by atoms with Gasteiger partial charge in [0.05, 0.1) is 35.2 Å². The Labute approximate surface area is 226 Å². The Morgan fingerprint density at radius 3 is 2.36 bits per heavy atom. The Morgan fingerprint density at radius 2 is 1.82 bits per heavy atom. The van der Waals surface area contributed by atoms with Gasteiger partial charge in [0.15, 0.2) is 34.7 Å². The van der Waals surface area contributed by atoms with Crippen LogP contribution in [0.3, 0.4) is 0 Å². The molecule has 39 heavy (non-hydrogen) atoms. The zero-order valence-electron chi connectivity index (χ0n) is 22.5. The second-order valence-corrected chi connectivity index (χ2v) is 11.0. The van der Waals surface area contributed by atoms with Gasteiger partial charge in [0.1, 0.15) is 5.75 Å². The van der Waals surface area contributed by atoms with Crippen molar-refractivity contribution in [3.05, 3.63) is 35.9 Å². The monoisotopic (exact) mass is 541 g/mol. The van der Waals surface area contributed by atoms with Gasteiger partial charge in [0, 0.05) is 19.0 Å². The molecule has 3 aliphatic rings. The molecule has 0 radical (unpaired) electrons. The molecular formula is C28H35N3O8. The van der Waals surface area contributed by atoms with Crippen LogP contribution in [0, 0.1) is 23.7 Å². The van der Waals surface area contributed by atoms with Gasteiger partial charge in [0.2, 0.25) is 5.91 Å². The minimum Gasteiger partial charge on any atom is -0.505 e. The van der Waals surface area contributed by atoms with E-state index in [1.54, 1.807) is 25.1 Å². The number of aliphatic hydroxyl groups is 2. The van der Waals surface area contributed by atoms with Crippen molar-refractivity contribution < 1.29 is 39.3 Å². The summed E-state index contributed by atoms with van der Waals surface area (Å²) in [5.41, 5.74) is 2.96. The maximum Gasteiger partial charge on any atom is 0.235 e. The van der Waals surface area contributed by atoms with Crippen molar-refractivity contribution in [2.24, 2.45) is 29.4 Å². The van der Waals surface area contributed by atoms with E-state index in [9.17, 15) is 39.3 Å². The molecule has 8 atom stereocenters. The number of aromatic hydroxyl groups is 1. The first-order valence-electron chi connectivity index (χ1n) is 13.0. The summed E-state index contributed by atoms with van der Waals surface area (Å²) in [6, 6.07) is 1.93. The smallest absolute Gasteiger partial charge is 0.235 e. The fraction of sp³-hybridized carbons (Fsp3) is 0.536. The van der Waals surface area contributed by atoms with Crippen LogP contribution in [0.1, 0.15) is 42.1 Å². The van der Waals surface area contributed by atoms with Crippen molar-refractivity contribution in [2.75, 3.05) is 32.1 Å². The van der Waals surface area contributed by atoms with Gasteiger partial charge in [-0.15, -0.1) is 6.58 Å². The third kappa shape index (κ3) is 3.86. The second kappa shape index (κ2) is 9.96. The first kappa shape index (κ1) is 28.6. The summed E-state index contributed by atoms with van der Waals surface area (Å²) in [5.74, 6) is -13.3. The Hall–Kier alpha value is -3.41. The molecule has 5 N–H and O–H groups in total. The highest BCUT2D eigenvalue weighted by molar-refractivity contribution is 6.32. The van der Waals surface area contributed by atoms with E-state index >= 15 is 0 Å². The normalized spacial score (nSPS) is 33.9. The first-order chi connectivity index (χ1) is 18.3. The van der Waals surface area contributed by atoms with Crippen molar-refractivity contribution in [3.63, 3.8) is 0 Å². The topological polar surface area (TPSA) is 179 Å². The fourth-order valence-electron chi connectivity index (χ4n) is 6.97. The number of hydrogen-bond acceptors (Lipinski definition) is 10. The van der Waals surface area contributed by atoms with Gasteiger partial charge in [-0.05, 0) is 38.1 Å². The van der Waals surface area contributed by atoms with Crippen LogP contribution in [0.25, 0.3) is 0 Å². The molecule has 2 saturated carbocycles. The predicted molar refractivity (Wildman–Crippen MR) is 140 cm³/mol. The van der Waals surface area contributed by atoms with Crippen LogP contribution in [0.4, 0.5) is 5.69 Å². The van der Waals surface area contributed by atoms with Crippen molar-refractivity contribution in [3.8, 4) is 5.75 Å². The van der Waals surface area contributed by atoms with Crippen LogP contribution in [0.5, 0.6) is 5.75 Å². The number of benzene rings is 1. The molecule has 0 saturated heterocycles. The first-order valence-corrected chi connectivity index (χ1v) is 13.0. The molecule has 11 heteroatoms. The lowest BCUT2D eigenvalue weighted by Gasteiger charge is -2.56. The molecule has 1 aromatic rings. The third-order valence-electron chi connectivity index (χ3n) is 8.65. The number of aliphatic hydroxyl groups excluding tert-OH is 1. The zero-order valence-corrected chi connectivity index (χ0v) is 22.5. The highest BCUT2D eigenvalue weighted by Gasteiger charge is 2.72. The van der Waals surface area contributed by atoms with E-state index in [1.165, 1.54) is 19.0 Å². The van der Waals surface area contributed by atoms with Gasteiger partial charge >= 0.3 is 0 Å². The number of likely N-dealkylation sites (N-methyl/N-ethyl adjacent to an activating group) is 1. The summed E-state index contributed by atoms with van der Waals surface area (Å²) < 4.78 is 0. The fourth-order valence-corrected chi connectivity index (χ4v) is 6.97. The molecule has 0 aromatic heterocycles. The number of nitrogens with zero attached hydrogens (tertiary/aromatic N) is 2. The van der Waals surface area contributed by atoms with Crippen LogP contribution in [-0.4, -0.2) is 94.2 Å². The number of carbonyl (C=O) groups excluding carboxylic acids is 5. The lowest BCUT2D eigenvalue weighted by Crippen LogP contribution is -2.77. The summed E-state index contributed by atoms with van der Waals surface area (Å²) in [6.07, 6.45) is 0.740. The average molecular weight is 542 g/mol. The Morgan fingerprint density at radius 1 is 1.18 bits per heavy atom. The minimum atomic E-state index is -3.01. The average Bonchev–Trinajstić information content (AvgIpc) is 2.85. The quantitative estimate of drug-likeness (QED) is 0.267. The largest absolute Gasteiger partial charge is 0.505 e. The summed E-state index contributed by atoms with van der Waals surface area (Å²) in [5, 5.41) is 34.6. The van der Waals surface area contributed by atoms with Gasteiger partial charge in [-0.25, -0.2) is 0 Å². The van der Waals surface area contributed by atoms with E-state index < -0.39 is 76.4 Å². The summed E-state index contributed by atoms with van der Waals surface area (Å²) >= 11 is 0. The number of ketones is 4. The molecule has 210 valence electrons. The molecular weight excluding hydrogens is 506 g/mol. The van der Waals surface area contributed by atoms with Gasteiger partial charge in [-0.3, -0.25) is 28.9 Å². The number of fused-ring (bicyclic) bond motifs is 3. The number of phenolic OH excluding ortho intramolecular Hbond substituents is 1. The zero-order chi connectivity index (χ0) is 29.1. The molecule has 0 bridgehead atoms. The standard InChI is InChI=1S/C28H35N3O8/c1-6-10-31(11-7-2)14-9-8-13-12(3)15-17(22(33)16(13)21(14)32)25(36)28(39)19(23(15)34)20(30(4)5)24(35)18(26(28)37)27(29)38/h6,8-9,12,15,17-20,23,32,34,39H,1,7,10-11H2,2-5H3,(H2,29,38)/t12-,15+,17?,18?,19+,20-,23-,28-/m1/s1. The van der Waals surface area contributed by atoms with E-state index in [-0.39, 0.29) is 11.3 Å². The van der Waals surface area contributed by atoms with E-state index in [0.717, 1.165) is 6.42 Å². The van der Waals surface area contributed by atoms with Crippen LogP contribution in [-0.2, 0) is 19.2 Å².